The summed E-state index contributed by atoms with van der Waals surface area (Å²) in [6, 6.07) is 26.6. The number of aryl methyl sites for hydroxylation is 1. The van der Waals surface area contributed by atoms with Gasteiger partial charge in [-0.2, -0.15) is 0 Å². The van der Waals surface area contributed by atoms with Crippen LogP contribution in [0.2, 0.25) is 0 Å². The molecule has 0 radical (unpaired) electrons. The number of aliphatic hydroxyl groups is 1. The predicted molar refractivity (Wildman–Crippen MR) is 117 cm³/mol. The van der Waals surface area contributed by atoms with Gasteiger partial charge in [-0.3, -0.25) is 4.79 Å². The van der Waals surface area contributed by atoms with E-state index in [1.165, 1.54) is 5.56 Å². The summed E-state index contributed by atoms with van der Waals surface area (Å²) in [6.45, 7) is 0.479. The van der Waals surface area contributed by atoms with E-state index in [0.717, 1.165) is 24.1 Å². The molecule has 0 bridgehead atoms. The second-order valence-electron chi connectivity index (χ2n) is 7.21. The smallest absolute Gasteiger partial charge is 0.267 e. The molecule has 5 heteroatoms. The molecule has 1 amide bonds. The van der Waals surface area contributed by atoms with Crippen molar-refractivity contribution in [3.05, 3.63) is 102 Å². The van der Waals surface area contributed by atoms with Crippen molar-refractivity contribution in [2.24, 2.45) is 5.16 Å². The third-order valence-electron chi connectivity index (χ3n) is 5.21. The molecule has 4 rings (SSSR count). The third-order valence-corrected chi connectivity index (χ3v) is 5.21. The molecule has 5 nitrogen and oxygen atoms in total. The summed E-state index contributed by atoms with van der Waals surface area (Å²) >= 11 is 0. The van der Waals surface area contributed by atoms with E-state index in [1.807, 2.05) is 78.9 Å². The average molecular weight is 400 g/mol. The molecule has 0 fully saturated rings. The zero-order chi connectivity index (χ0) is 20.8. The van der Waals surface area contributed by atoms with Gasteiger partial charge in [0, 0.05) is 17.8 Å². The molecule has 0 aromatic heterocycles. The van der Waals surface area contributed by atoms with Gasteiger partial charge in [-0.25, -0.2) is 0 Å². The number of carbonyl (C=O) groups is 1. The lowest BCUT2D eigenvalue weighted by Gasteiger charge is -2.29. The summed E-state index contributed by atoms with van der Waals surface area (Å²) in [7, 11) is 0. The van der Waals surface area contributed by atoms with Crippen molar-refractivity contribution in [1.29, 1.82) is 0 Å². The van der Waals surface area contributed by atoms with Crippen LogP contribution in [0.25, 0.3) is 0 Å². The van der Waals surface area contributed by atoms with Crippen molar-refractivity contribution in [2.45, 2.75) is 18.9 Å². The minimum Gasteiger partial charge on any atom is -0.385 e. The van der Waals surface area contributed by atoms with Gasteiger partial charge >= 0.3 is 0 Å². The molecule has 1 atom stereocenters. The summed E-state index contributed by atoms with van der Waals surface area (Å²) in [4.78, 5) is 20.0. The topological polar surface area (TPSA) is 62.1 Å². The van der Waals surface area contributed by atoms with Gasteiger partial charge in [0.2, 0.25) is 0 Å². The number of para-hydroxylation sites is 1. The lowest BCUT2D eigenvalue weighted by atomic mass is 9.99. The molecule has 1 unspecified atom stereocenters. The highest BCUT2D eigenvalue weighted by atomic mass is 16.6. The van der Waals surface area contributed by atoms with Gasteiger partial charge in [0.1, 0.15) is 11.8 Å². The second kappa shape index (κ2) is 9.37. The summed E-state index contributed by atoms with van der Waals surface area (Å²) < 4.78 is 0. The first-order valence-corrected chi connectivity index (χ1v) is 10.1. The zero-order valence-corrected chi connectivity index (χ0v) is 16.6. The van der Waals surface area contributed by atoms with E-state index >= 15 is 0 Å². The van der Waals surface area contributed by atoms with Crippen LogP contribution in [0.1, 0.15) is 29.2 Å². The number of hydrogen-bond donors (Lipinski definition) is 1. The number of nitrogens with zero attached hydrogens (tertiary/aromatic N) is 2. The van der Waals surface area contributed by atoms with Crippen LogP contribution < -0.4 is 4.90 Å². The van der Waals surface area contributed by atoms with E-state index in [2.05, 4.69) is 11.2 Å². The van der Waals surface area contributed by atoms with Crippen LogP contribution in [0, 0.1) is 0 Å². The molecule has 3 aromatic carbocycles. The Kier molecular flexibility index (Phi) is 6.20. The van der Waals surface area contributed by atoms with Gasteiger partial charge in [-0.1, -0.05) is 84.0 Å². The fourth-order valence-electron chi connectivity index (χ4n) is 3.69. The highest BCUT2D eigenvalue weighted by Gasteiger charge is 2.23. The minimum absolute atomic E-state index is 0.146. The van der Waals surface area contributed by atoms with Crippen LogP contribution in [0.5, 0.6) is 0 Å². The number of hydrogen-bond acceptors (Lipinski definition) is 4. The van der Waals surface area contributed by atoms with Crippen molar-refractivity contribution < 1.29 is 14.7 Å². The maximum absolute atomic E-state index is 12.8. The summed E-state index contributed by atoms with van der Waals surface area (Å²) in [5.41, 5.74) is 3.93. The number of anilines is 1. The van der Waals surface area contributed by atoms with Crippen LogP contribution >= 0.6 is 0 Å². The van der Waals surface area contributed by atoms with Gasteiger partial charge in [-0.05, 0) is 30.0 Å². The van der Waals surface area contributed by atoms with Gasteiger partial charge in [0.25, 0.3) is 5.91 Å². The monoisotopic (exact) mass is 400 g/mol. The van der Waals surface area contributed by atoms with Gasteiger partial charge in [-0.15, -0.1) is 0 Å². The Labute approximate surface area is 176 Å². The normalized spacial score (nSPS) is 14.7. The van der Waals surface area contributed by atoms with E-state index in [9.17, 15) is 9.90 Å². The SMILES string of the molecule is O=C(CO/N=C(\c1ccccc1)C(O)c1ccccc1)N1CCCc2ccccc21. The molecular formula is C25H24N2O3. The second-order valence-corrected chi connectivity index (χ2v) is 7.21. The Hall–Kier alpha value is -3.44. The number of carbonyl (C=O) groups excluding carboxylic acids is 1. The maximum Gasteiger partial charge on any atom is 0.267 e. The highest BCUT2D eigenvalue weighted by molar-refractivity contribution is 6.04. The van der Waals surface area contributed by atoms with E-state index in [-0.39, 0.29) is 12.5 Å². The van der Waals surface area contributed by atoms with E-state index in [1.54, 1.807) is 4.90 Å². The van der Waals surface area contributed by atoms with Crippen LogP contribution in [-0.4, -0.2) is 29.9 Å². The van der Waals surface area contributed by atoms with Crippen LogP contribution in [0.15, 0.2) is 90.1 Å². The summed E-state index contributed by atoms with van der Waals surface area (Å²) in [5, 5.41) is 15.1. The first kappa shape index (κ1) is 19.9. The molecule has 0 saturated heterocycles. The van der Waals surface area contributed by atoms with Crippen LogP contribution in [0.3, 0.4) is 0 Å². The highest BCUT2D eigenvalue weighted by Crippen LogP contribution is 2.26. The summed E-state index contributed by atoms with van der Waals surface area (Å²) in [6.07, 6.45) is 0.938. The maximum atomic E-state index is 12.8. The van der Waals surface area contributed by atoms with Crippen molar-refractivity contribution in [3.63, 3.8) is 0 Å². The van der Waals surface area contributed by atoms with Gasteiger partial charge < -0.3 is 14.8 Å². The molecular weight excluding hydrogens is 376 g/mol. The zero-order valence-electron chi connectivity index (χ0n) is 16.6. The van der Waals surface area contributed by atoms with Crippen molar-refractivity contribution in [2.75, 3.05) is 18.1 Å². The fourth-order valence-corrected chi connectivity index (χ4v) is 3.69. The van der Waals surface area contributed by atoms with E-state index < -0.39 is 6.10 Å². The van der Waals surface area contributed by atoms with Crippen molar-refractivity contribution in [3.8, 4) is 0 Å². The molecule has 1 heterocycles. The molecule has 3 aromatic rings. The first-order valence-electron chi connectivity index (χ1n) is 10.1. The van der Waals surface area contributed by atoms with Crippen LogP contribution in [-0.2, 0) is 16.1 Å². The minimum atomic E-state index is -0.959. The Balaban J connectivity index is 1.52. The quantitative estimate of drug-likeness (QED) is 0.500. The first-order chi connectivity index (χ1) is 14.7. The fraction of sp³-hybridized carbons (Fsp3) is 0.200. The Bertz CT molecular complexity index is 1020. The Morgan fingerprint density at radius 3 is 2.40 bits per heavy atom. The standard InChI is InChI=1S/C25H24N2O3/c28-23(27-17-9-15-19-10-7-8-16-22(19)27)18-30-26-24(20-11-3-1-4-12-20)25(29)21-13-5-2-6-14-21/h1-8,10-14,16,25,29H,9,15,17-18H2/b26-24+. The van der Waals surface area contributed by atoms with Crippen LogP contribution in [0.4, 0.5) is 5.69 Å². The van der Waals surface area contributed by atoms with Gasteiger partial charge in [0.15, 0.2) is 6.61 Å². The molecule has 30 heavy (non-hydrogen) atoms. The van der Waals surface area contributed by atoms with E-state index in [4.69, 9.17) is 4.84 Å². The Morgan fingerprint density at radius 2 is 1.63 bits per heavy atom. The largest absolute Gasteiger partial charge is 0.385 e. The molecule has 1 N–H and O–H groups in total. The van der Waals surface area contributed by atoms with Gasteiger partial charge in [0.05, 0.1) is 0 Å². The number of fused-ring (bicyclic) bond motifs is 1. The molecule has 1 aliphatic heterocycles. The molecule has 0 spiro atoms. The summed E-state index contributed by atoms with van der Waals surface area (Å²) in [5.74, 6) is -0.146. The number of benzene rings is 3. The third kappa shape index (κ3) is 4.42. The number of oxime groups is 1. The van der Waals surface area contributed by atoms with Crippen molar-refractivity contribution in [1.82, 2.24) is 0 Å². The number of rotatable bonds is 6. The lowest BCUT2D eigenvalue weighted by Crippen LogP contribution is -2.37. The Morgan fingerprint density at radius 1 is 0.967 bits per heavy atom. The predicted octanol–water partition coefficient (Wildman–Crippen LogP) is 4.12. The van der Waals surface area contributed by atoms with Crippen molar-refractivity contribution >= 4 is 17.3 Å². The lowest BCUT2D eigenvalue weighted by molar-refractivity contribution is -0.123. The molecule has 152 valence electrons. The average Bonchev–Trinajstić information content (AvgIpc) is 2.82. The molecule has 0 aliphatic carbocycles. The number of amides is 1. The number of aliphatic hydroxyl groups excluding tert-OH is 1. The molecule has 0 saturated carbocycles. The van der Waals surface area contributed by atoms with E-state index in [0.29, 0.717) is 17.8 Å². The molecule has 1 aliphatic rings.